The first-order chi connectivity index (χ1) is 14.2. The van der Waals surface area contributed by atoms with Gasteiger partial charge in [-0.3, -0.25) is 4.79 Å². The molecule has 0 saturated carbocycles. The third kappa shape index (κ3) is 6.28. The minimum Gasteiger partial charge on any atom is -0.464 e. The van der Waals surface area contributed by atoms with Gasteiger partial charge < -0.3 is 16.2 Å². The number of unbranched alkanes of at least 4 members (excludes halogenated alkanes) is 3. The summed E-state index contributed by atoms with van der Waals surface area (Å²) < 4.78 is 5.11. The van der Waals surface area contributed by atoms with E-state index in [4.69, 9.17) is 16.2 Å². The summed E-state index contributed by atoms with van der Waals surface area (Å²) in [5, 5.41) is 0. The van der Waals surface area contributed by atoms with Crippen LogP contribution in [0, 0.1) is 0 Å². The van der Waals surface area contributed by atoms with Crippen molar-refractivity contribution in [3.63, 3.8) is 0 Å². The lowest BCUT2D eigenvalue weighted by Gasteiger charge is -2.18. The molecule has 0 heterocycles. The number of rotatable bonds is 10. The zero-order valence-electron chi connectivity index (χ0n) is 17.1. The summed E-state index contributed by atoms with van der Waals surface area (Å²) in [6.45, 7) is 0.560. The fourth-order valence-electron chi connectivity index (χ4n) is 3.74. The van der Waals surface area contributed by atoms with Crippen LogP contribution in [0.25, 0.3) is 11.6 Å². The molecule has 1 atom stereocenters. The SMILES string of the molecule is NCC(N)C(=O)OCCCCCCc1ccc2c(c1)CCC(c1ccccc1)=C2. The van der Waals surface area contributed by atoms with E-state index in [0.29, 0.717) is 6.61 Å². The molecule has 4 heteroatoms. The number of fused-ring (bicyclic) bond motifs is 1. The molecule has 2 aromatic carbocycles. The van der Waals surface area contributed by atoms with E-state index < -0.39 is 12.0 Å². The Morgan fingerprint density at radius 3 is 2.59 bits per heavy atom. The van der Waals surface area contributed by atoms with Crippen molar-refractivity contribution in [3.05, 3.63) is 70.8 Å². The van der Waals surface area contributed by atoms with Gasteiger partial charge in [-0.25, -0.2) is 0 Å². The number of nitrogens with two attached hydrogens (primary N) is 2. The molecule has 0 aliphatic heterocycles. The molecule has 0 bridgehead atoms. The number of ether oxygens (including phenoxy) is 1. The second-order valence-corrected chi connectivity index (χ2v) is 7.74. The molecule has 2 aromatic rings. The third-order valence-corrected chi connectivity index (χ3v) is 5.51. The Kier molecular flexibility index (Phi) is 8.03. The van der Waals surface area contributed by atoms with E-state index in [2.05, 4.69) is 54.6 Å². The van der Waals surface area contributed by atoms with Gasteiger partial charge in [0.1, 0.15) is 6.04 Å². The zero-order chi connectivity index (χ0) is 20.5. The summed E-state index contributed by atoms with van der Waals surface area (Å²) in [5.41, 5.74) is 17.9. The molecule has 1 aliphatic carbocycles. The standard InChI is InChI=1S/C25H32N2O2/c26-18-24(27)25(28)29-15-7-2-1-4-8-19-11-12-23-17-22(14-13-21(23)16-19)20-9-5-3-6-10-20/h3,5-6,9-12,16-17,24H,1-2,4,7-8,13-15,18,26-27H2. The zero-order valence-corrected chi connectivity index (χ0v) is 17.1. The molecule has 4 nitrogen and oxygen atoms in total. The number of benzene rings is 2. The van der Waals surface area contributed by atoms with Crippen molar-refractivity contribution in [2.75, 3.05) is 13.2 Å². The van der Waals surface area contributed by atoms with Crippen LogP contribution in [0.4, 0.5) is 0 Å². The maximum absolute atomic E-state index is 11.4. The predicted molar refractivity (Wildman–Crippen MR) is 119 cm³/mol. The highest BCUT2D eigenvalue weighted by atomic mass is 16.5. The smallest absolute Gasteiger partial charge is 0.324 e. The molecular formula is C25H32N2O2. The first-order valence-corrected chi connectivity index (χ1v) is 10.7. The largest absolute Gasteiger partial charge is 0.464 e. The first-order valence-electron chi connectivity index (χ1n) is 10.7. The van der Waals surface area contributed by atoms with E-state index in [0.717, 1.165) is 44.9 Å². The molecule has 0 amide bonds. The van der Waals surface area contributed by atoms with Crippen LogP contribution in [0.2, 0.25) is 0 Å². The monoisotopic (exact) mass is 392 g/mol. The maximum Gasteiger partial charge on any atom is 0.324 e. The van der Waals surface area contributed by atoms with Crippen molar-refractivity contribution in [1.82, 2.24) is 0 Å². The van der Waals surface area contributed by atoms with Crippen molar-refractivity contribution >= 4 is 17.6 Å². The van der Waals surface area contributed by atoms with E-state index in [9.17, 15) is 4.79 Å². The summed E-state index contributed by atoms with van der Waals surface area (Å²) in [4.78, 5) is 11.4. The number of carbonyl (C=O) groups is 1. The van der Waals surface area contributed by atoms with E-state index in [1.807, 2.05) is 0 Å². The Morgan fingerprint density at radius 1 is 1.00 bits per heavy atom. The molecule has 1 unspecified atom stereocenters. The average Bonchev–Trinajstić information content (AvgIpc) is 2.77. The van der Waals surface area contributed by atoms with Gasteiger partial charge in [-0.05, 0) is 59.9 Å². The highest BCUT2D eigenvalue weighted by Crippen LogP contribution is 2.31. The lowest BCUT2D eigenvalue weighted by atomic mass is 9.87. The van der Waals surface area contributed by atoms with Gasteiger partial charge in [0.2, 0.25) is 0 Å². The Bertz CT molecular complexity index is 830. The van der Waals surface area contributed by atoms with Gasteiger partial charge in [-0.2, -0.15) is 0 Å². The lowest BCUT2D eigenvalue weighted by Crippen LogP contribution is -2.39. The Morgan fingerprint density at radius 2 is 1.79 bits per heavy atom. The second-order valence-electron chi connectivity index (χ2n) is 7.74. The molecule has 1 aliphatic rings. The molecule has 29 heavy (non-hydrogen) atoms. The van der Waals surface area contributed by atoms with Gasteiger partial charge in [0.25, 0.3) is 0 Å². The molecule has 0 radical (unpaired) electrons. The third-order valence-electron chi connectivity index (χ3n) is 5.51. The highest BCUT2D eigenvalue weighted by Gasteiger charge is 2.13. The summed E-state index contributed by atoms with van der Waals surface area (Å²) in [5.74, 6) is -0.397. The van der Waals surface area contributed by atoms with Crippen LogP contribution in [0.3, 0.4) is 0 Å². The maximum atomic E-state index is 11.4. The van der Waals surface area contributed by atoms with Crippen molar-refractivity contribution < 1.29 is 9.53 Å². The molecule has 3 rings (SSSR count). The van der Waals surface area contributed by atoms with Crippen LogP contribution in [0.5, 0.6) is 0 Å². The first kappa shape index (κ1) is 21.3. The molecule has 154 valence electrons. The van der Waals surface area contributed by atoms with Crippen LogP contribution in [0.15, 0.2) is 48.5 Å². The van der Waals surface area contributed by atoms with Crippen molar-refractivity contribution in [3.8, 4) is 0 Å². The minimum absolute atomic E-state index is 0.128. The molecule has 0 saturated heterocycles. The molecule has 0 spiro atoms. The number of hydrogen-bond acceptors (Lipinski definition) is 4. The number of esters is 1. The number of carbonyl (C=O) groups excluding carboxylic acids is 1. The predicted octanol–water partition coefficient (Wildman–Crippen LogP) is 4.11. The second kappa shape index (κ2) is 10.9. The van der Waals surface area contributed by atoms with Gasteiger partial charge in [0.15, 0.2) is 0 Å². The number of hydrogen-bond donors (Lipinski definition) is 2. The van der Waals surface area contributed by atoms with E-state index in [-0.39, 0.29) is 6.54 Å². The number of allylic oxidation sites excluding steroid dienone is 1. The average molecular weight is 393 g/mol. The molecule has 0 fully saturated rings. The van der Waals surface area contributed by atoms with Crippen LogP contribution in [0.1, 0.15) is 54.4 Å². The van der Waals surface area contributed by atoms with Crippen LogP contribution < -0.4 is 11.5 Å². The lowest BCUT2D eigenvalue weighted by molar-refractivity contribution is -0.145. The van der Waals surface area contributed by atoms with E-state index in [1.165, 1.54) is 27.8 Å². The van der Waals surface area contributed by atoms with E-state index in [1.54, 1.807) is 0 Å². The normalized spacial score (nSPS) is 14.1. The van der Waals surface area contributed by atoms with Crippen molar-refractivity contribution in [2.45, 2.75) is 51.0 Å². The minimum atomic E-state index is -0.697. The van der Waals surface area contributed by atoms with Gasteiger partial charge in [-0.1, -0.05) is 67.4 Å². The Balaban J connectivity index is 1.40. The molecular weight excluding hydrogens is 360 g/mol. The fraction of sp³-hybridized carbons (Fsp3) is 0.400. The summed E-state index contributed by atoms with van der Waals surface area (Å²) >= 11 is 0. The summed E-state index contributed by atoms with van der Waals surface area (Å²) in [7, 11) is 0. The fourth-order valence-corrected chi connectivity index (χ4v) is 3.74. The summed E-state index contributed by atoms with van der Waals surface area (Å²) in [6.07, 6.45) is 9.87. The van der Waals surface area contributed by atoms with E-state index >= 15 is 0 Å². The molecule has 4 N–H and O–H groups in total. The van der Waals surface area contributed by atoms with Crippen molar-refractivity contribution in [2.24, 2.45) is 11.5 Å². The van der Waals surface area contributed by atoms with Gasteiger partial charge in [-0.15, -0.1) is 0 Å². The topological polar surface area (TPSA) is 78.3 Å². The van der Waals surface area contributed by atoms with Crippen LogP contribution in [-0.2, 0) is 22.4 Å². The highest BCUT2D eigenvalue weighted by molar-refractivity contribution is 5.84. The summed E-state index contributed by atoms with van der Waals surface area (Å²) in [6, 6.07) is 16.9. The Labute approximate surface area is 173 Å². The molecule has 0 aromatic heterocycles. The quantitative estimate of drug-likeness (QED) is 0.471. The number of aryl methyl sites for hydroxylation is 2. The van der Waals surface area contributed by atoms with Gasteiger partial charge in [0.05, 0.1) is 6.61 Å². The van der Waals surface area contributed by atoms with Crippen molar-refractivity contribution in [1.29, 1.82) is 0 Å². The van der Waals surface area contributed by atoms with Crippen LogP contribution >= 0.6 is 0 Å². The van der Waals surface area contributed by atoms with Crippen LogP contribution in [-0.4, -0.2) is 25.2 Å². The Hall–Kier alpha value is -2.43. The van der Waals surface area contributed by atoms with Gasteiger partial charge in [0, 0.05) is 6.54 Å². The van der Waals surface area contributed by atoms with Gasteiger partial charge >= 0.3 is 5.97 Å².